The zero-order valence-corrected chi connectivity index (χ0v) is 11.3. The lowest BCUT2D eigenvalue weighted by atomic mass is 9.80. The molecule has 0 saturated heterocycles. The van der Waals surface area contributed by atoms with Crippen LogP contribution in [0.2, 0.25) is 0 Å². The summed E-state index contributed by atoms with van der Waals surface area (Å²) in [6.45, 7) is 0. The summed E-state index contributed by atoms with van der Waals surface area (Å²) in [4.78, 5) is 3.88. The molecule has 0 aromatic carbocycles. The summed E-state index contributed by atoms with van der Waals surface area (Å²) in [5, 5.41) is 18.1. The highest BCUT2D eigenvalue weighted by molar-refractivity contribution is 9.10. The van der Waals surface area contributed by atoms with Gasteiger partial charge in [-0.25, -0.2) is 4.98 Å². The van der Waals surface area contributed by atoms with Gasteiger partial charge in [0.1, 0.15) is 10.0 Å². The number of alkyl halides is 3. The highest BCUT2D eigenvalue weighted by atomic mass is 79.9. The highest BCUT2D eigenvalue weighted by Gasteiger charge is 2.37. The lowest BCUT2D eigenvalue weighted by Crippen LogP contribution is -2.23. The number of nitriles is 2. The number of halogens is 4. The molecule has 1 rings (SSSR count). The van der Waals surface area contributed by atoms with Crippen LogP contribution in [0.5, 0.6) is 0 Å². The second-order valence-corrected chi connectivity index (χ2v) is 4.90. The van der Waals surface area contributed by atoms with E-state index in [9.17, 15) is 13.2 Å². The minimum Gasteiger partial charge on any atom is -0.249 e. The van der Waals surface area contributed by atoms with E-state index in [4.69, 9.17) is 10.5 Å². The third-order valence-corrected chi connectivity index (χ3v) is 2.99. The van der Waals surface area contributed by atoms with Gasteiger partial charge < -0.3 is 0 Å². The van der Waals surface area contributed by atoms with Crippen LogP contribution >= 0.6 is 15.9 Å². The van der Waals surface area contributed by atoms with Gasteiger partial charge in [0.2, 0.25) is 0 Å². The number of hydrogen-bond acceptors (Lipinski definition) is 3. The standard InChI is InChI=1S/C12H9BrF3N3/c13-10-5-9(1-4-19-10)6-11(7-17,8-18)2-3-12(14,15)16/h1,4-5H,2-3,6H2. The normalized spacial score (nSPS) is 11.7. The Labute approximate surface area is 116 Å². The average Bonchev–Trinajstić information content (AvgIpc) is 2.34. The van der Waals surface area contributed by atoms with Gasteiger partial charge >= 0.3 is 6.18 Å². The van der Waals surface area contributed by atoms with Crippen molar-refractivity contribution in [1.82, 2.24) is 4.98 Å². The van der Waals surface area contributed by atoms with Gasteiger partial charge in [0.15, 0.2) is 0 Å². The molecule has 0 saturated carbocycles. The second-order valence-electron chi connectivity index (χ2n) is 4.08. The average molecular weight is 332 g/mol. The molecule has 0 aliphatic heterocycles. The van der Waals surface area contributed by atoms with E-state index in [0.29, 0.717) is 10.2 Å². The fraction of sp³-hybridized carbons (Fsp3) is 0.417. The summed E-state index contributed by atoms with van der Waals surface area (Å²) in [5.41, 5.74) is -1.08. The number of pyridine rings is 1. The summed E-state index contributed by atoms with van der Waals surface area (Å²) >= 11 is 3.13. The van der Waals surface area contributed by atoms with Gasteiger partial charge in [0.05, 0.1) is 12.1 Å². The van der Waals surface area contributed by atoms with Crippen LogP contribution in [0.1, 0.15) is 18.4 Å². The molecule has 1 aromatic rings. The molecule has 0 unspecified atom stereocenters. The maximum absolute atomic E-state index is 12.2. The van der Waals surface area contributed by atoms with Crippen molar-refractivity contribution in [2.24, 2.45) is 5.41 Å². The topological polar surface area (TPSA) is 60.5 Å². The SMILES string of the molecule is N#CC(C#N)(CCC(F)(F)F)Cc1ccnc(Br)c1. The van der Waals surface area contributed by atoms with Crippen LogP contribution in [0.4, 0.5) is 13.2 Å². The van der Waals surface area contributed by atoms with Gasteiger partial charge in [0, 0.05) is 19.0 Å². The summed E-state index contributed by atoms with van der Waals surface area (Å²) in [6, 6.07) is 6.57. The molecule has 0 atom stereocenters. The van der Waals surface area contributed by atoms with Crippen molar-refractivity contribution in [3.63, 3.8) is 0 Å². The summed E-state index contributed by atoms with van der Waals surface area (Å²) in [5.74, 6) is 0. The Bertz CT molecular complexity index is 514. The molecule has 0 N–H and O–H groups in total. The molecule has 0 radical (unpaired) electrons. The molecule has 0 bridgehead atoms. The van der Waals surface area contributed by atoms with Crippen LogP contribution in [0.3, 0.4) is 0 Å². The first-order valence-electron chi connectivity index (χ1n) is 5.30. The van der Waals surface area contributed by atoms with Gasteiger partial charge in [-0.05, 0) is 40.0 Å². The molecule has 7 heteroatoms. The Morgan fingerprint density at radius 2 is 1.84 bits per heavy atom. The van der Waals surface area contributed by atoms with Gasteiger partial charge in [0.25, 0.3) is 0 Å². The molecule has 0 fully saturated rings. The predicted octanol–water partition coefficient (Wildman–Crippen LogP) is 3.76. The monoisotopic (exact) mass is 331 g/mol. The van der Waals surface area contributed by atoms with Crippen molar-refractivity contribution in [2.75, 3.05) is 0 Å². The van der Waals surface area contributed by atoms with Crippen LogP contribution in [0.25, 0.3) is 0 Å². The lowest BCUT2D eigenvalue weighted by molar-refractivity contribution is -0.138. The molecule has 1 aromatic heterocycles. The van der Waals surface area contributed by atoms with Crippen LogP contribution in [0.15, 0.2) is 22.9 Å². The van der Waals surface area contributed by atoms with E-state index in [1.54, 1.807) is 24.3 Å². The Morgan fingerprint density at radius 3 is 2.32 bits per heavy atom. The molecule has 0 aliphatic carbocycles. The third-order valence-electron chi connectivity index (χ3n) is 2.56. The zero-order valence-electron chi connectivity index (χ0n) is 9.71. The molecule has 1 heterocycles. The second kappa shape index (κ2) is 6.03. The van der Waals surface area contributed by atoms with E-state index >= 15 is 0 Å². The van der Waals surface area contributed by atoms with Gasteiger partial charge in [-0.1, -0.05) is 0 Å². The van der Waals surface area contributed by atoms with Crippen LogP contribution in [0, 0.1) is 28.1 Å². The number of aromatic nitrogens is 1. The van der Waals surface area contributed by atoms with Crippen molar-refractivity contribution in [3.05, 3.63) is 28.5 Å². The Kier molecular flexibility index (Phi) is 4.90. The molecule has 0 amide bonds. The Balaban J connectivity index is 2.89. The van der Waals surface area contributed by atoms with Crippen molar-refractivity contribution in [1.29, 1.82) is 10.5 Å². The van der Waals surface area contributed by atoms with Gasteiger partial charge in [-0.15, -0.1) is 0 Å². The molecule has 3 nitrogen and oxygen atoms in total. The molecular weight excluding hydrogens is 323 g/mol. The van der Waals surface area contributed by atoms with Crippen molar-refractivity contribution in [3.8, 4) is 12.1 Å². The molecule has 100 valence electrons. The minimum absolute atomic E-state index is 0.0583. The van der Waals surface area contributed by atoms with E-state index in [-0.39, 0.29) is 6.42 Å². The quantitative estimate of drug-likeness (QED) is 0.789. The van der Waals surface area contributed by atoms with E-state index in [0.717, 1.165) is 0 Å². The minimum atomic E-state index is -4.38. The van der Waals surface area contributed by atoms with Gasteiger partial charge in [-0.3, -0.25) is 0 Å². The fourth-order valence-electron chi connectivity index (χ4n) is 1.56. The number of rotatable bonds is 4. The smallest absolute Gasteiger partial charge is 0.249 e. The van der Waals surface area contributed by atoms with E-state index < -0.39 is 24.4 Å². The van der Waals surface area contributed by atoms with Crippen LogP contribution < -0.4 is 0 Å². The summed E-state index contributed by atoms with van der Waals surface area (Å²) < 4.78 is 37.2. The summed E-state index contributed by atoms with van der Waals surface area (Å²) in [7, 11) is 0. The molecule has 0 aliphatic rings. The molecular formula is C12H9BrF3N3. The number of hydrogen-bond donors (Lipinski definition) is 0. The van der Waals surface area contributed by atoms with Crippen molar-refractivity contribution < 1.29 is 13.2 Å². The predicted molar refractivity (Wildman–Crippen MR) is 64.6 cm³/mol. The number of nitrogens with zero attached hydrogens (tertiary/aromatic N) is 3. The Morgan fingerprint density at radius 1 is 1.21 bits per heavy atom. The van der Waals surface area contributed by atoms with Crippen LogP contribution in [-0.4, -0.2) is 11.2 Å². The van der Waals surface area contributed by atoms with Gasteiger partial charge in [-0.2, -0.15) is 23.7 Å². The molecule has 19 heavy (non-hydrogen) atoms. The third kappa shape index (κ3) is 4.88. The highest BCUT2D eigenvalue weighted by Crippen LogP contribution is 2.33. The maximum atomic E-state index is 12.2. The zero-order chi connectivity index (χ0) is 14.5. The van der Waals surface area contributed by atoms with Crippen molar-refractivity contribution in [2.45, 2.75) is 25.4 Å². The van der Waals surface area contributed by atoms with Crippen molar-refractivity contribution >= 4 is 15.9 Å². The molecule has 0 spiro atoms. The largest absolute Gasteiger partial charge is 0.389 e. The summed E-state index contributed by atoms with van der Waals surface area (Å²) in [6.07, 6.45) is -4.67. The van der Waals surface area contributed by atoms with Crippen LogP contribution in [-0.2, 0) is 6.42 Å². The maximum Gasteiger partial charge on any atom is 0.389 e. The first-order chi connectivity index (χ1) is 8.80. The van der Waals surface area contributed by atoms with E-state index in [2.05, 4.69) is 20.9 Å². The first kappa shape index (κ1) is 15.5. The fourth-order valence-corrected chi connectivity index (χ4v) is 1.97. The van der Waals surface area contributed by atoms with E-state index in [1.807, 2.05) is 0 Å². The Hall–Kier alpha value is -1.60. The first-order valence-corrected chi connectivity index (χ1v) is 6.09. The van der Waals surface area contributed by atoms with E-state index in [1.165, 1.54) is 6.20 Å². The lowest BCUT2D eigenvalue weighted by Gasteiger charge is -2.19.